The Morgan fingerprint density at radius 3 is 2.24 bits per heavy atom. The van der Waals surface area contributed by atoms with Gasteiger partial charge in [-0.2, -0.15) is 13.2 Å². The molecule has 0 bridgehead atoms. The van der Waals surface area contributed by atoms with E-state index in [4.69, 9.17) is 0 Å². The van der Waals surface area contributed by atoms with E-state index in [1.165, 1.54) is 0 Å². The molecule has 0 spiro atoms. The molecule has 0 saturated heterocycles. The van der Waals surface area contributed by atoms with Crippen LogP contribution in [-0.2, 0) is 0 Å². The Morgan fingerprint density at radius 2 is 1.76 bits per heavy atom. The zero-order valence-corrected chi connectivity index (χ0v) is 10.1. The summed E-state index contributed by atoms with van der Waals surface area (Å²) in [4.78, 5) is 0. The van der Waals surface area contributed by atoms with Crippen LogP contribution in [0, 0.1) is 0 Å². The quantitative estimate of drug-likeness (QED) is 0.741. The molecule has 0 amide bonds. The second-order valence-corrected chi connectivity index (χ2v) is 4.16. The van der Waals surface area contributed by atoms with Crippen molar-refractivity contribution in [1.82, 2.24) is 0 Å². The summed E-state index contributed by atoms with van der Waals surface area (Å²) in [6.07, 6.45) is -2.12. The first-order valence-corrected chi connectivity index (χ1v) is 5.72. The Bertz CT molecular complexity index is 330. The Labute approximate surface area is 99.6 Å². The fourth-order valence-corrected chi connectivity index (χ4v) is 1.66. The first kappa shape index (κ1) is 13.9. The van der Waals surface area contributed by atoms with Gasteiger partial charge in [-0.3, -0.25) is 0 Å². The lowest BCUT2D eigenvalue weighted by atomic mass is 9.97. The van der Waals surface area contributed by atoms with Gasteiger partial charge in [-0.05, 0) is 30.0 Å². The Morgan fingerprint density at radius 1 is 1.18 bits per heavy atom. The molecular formula is C13H17F3O. The van der Waals surface area contributed by atoms with Crippen LogP contribution in [0.2, 0.25) is 0 Å². The average molecular weight is 246 g/mol. The lowest BCUT2D eigenvalue weighted by Gasteiger charge is -2.12. The molecule has 1 unspecified atom stereocenters. The molecule has 0 saturated carbocycles. The average Bonchev–Trinajstić information content (AvgIpc) is 2.26. The van der Waals surface area contributed by atoms with Gasteiger partial charge in [-0.15, -0.1) is 0 Å². The van der Waals surface area contributed by atoms with Gasteiger partial charge in [0.1, 0.15) is 5.75 Å². The maximum atomic E-state index is 11.9. The van der Waals surface area contributed by atoms with Crippen molar-refractivity contribution in [3.8, 4) is 5.75 Å². The Hall–Kier alpha value is -1.19. The second-order valence-electron chi connectivity index (χ2n) is 4.16. The summed E-state index contributed by atoms with van der Waals surface area (Å²) in [5.74, 6) is 0.687. The van der Waals surface area contributed by atoms with Crippen molar-refractivity contribution in [1.29, 1.82) is 0 Å². The van der Waals surface area contributed by atoms with Crippen LogP contribution in [0.25, 0.3) is 0 Å². The van der Waals surface area contributed by atoms with Crippen LogP contribution < -0.4 is 4.74 Å². The van der Waals surface area contributed by atoms with Gasteiger partial charge in [-0.1, -0.05) is 32.4 Å². The highest BCUT2D eigenvalue weighted by atomic mass is 19.4. The molecule has 0 N–H and O–H groups in total. The Kier molecular flexibility index (Phi) is 4.85. The zero-order valence-electron chi connectivity index (χ0n) is 10.1. The van der Waals surface area contributed by atoms with Crippen molar-refractivity contribution in [2.24, 2.45) is 0 Å². The van der Waals surface area contributed by atoms with Gasteiger partial charge in [0.2, 0.25) is 0 Å². The number of hydrogen-bond donors (Lipinski definition) is 0. The van der Waals surface area contributed by atoms with Gasteiger partial charge >= 0.3 is 6.18 Å². The number of ether oxygens (including phenoxy) is 1. The minimum Gasteiger partial charge on any atom is -0.484 e. The standard InChI is InChI=1S/C13H17F3O/c1-3-4-10(2)11-5-7-12(8-6-11)17-9-13(14,15)16/h5-8,10H,3-4,9H2,1-2H3. The smallest absolute Gasteiger partial charge is 0.422 e. The molecule has 1 aromatic rings. The molecular weight excluding hydrogens is 229 g/mol. The number of rotatable bonds is 5. The minimum atomic E-state index is -4.28. The fourth-order valence-electron chi connectivity index (χ4n) is 1.66. The van der Waals surface area contributed by atoms with Gasteiger partial charge in [-0.25, -0.2) is 0 Å². The predicted octanol–water partition coefficient (Wildman–Crippen LogP) is 4.53. The van der Waals surface area contributed by atoms with Gasteiger partial charge in [0.25, 0.3) is 0 Å². The van der Waals surface area contributed by atoms with E-state index >= 15 is 0 Å². The van der Waals surface area contributed by atoms with Crippen molar-refractivity contribution in [3.05, 3.63) is 29.8 Å². The molecule has 1 atom stereocenters. The monoisotopic (exact) mass is 246 g/mol. The van der Waals surface area contributed by atoms with Crippen LogP contribution in [0.4, 0.5) is 13.2 Å². The summed E-state index contributed by atoms with van der Waals surface area (Å²) in [7, 11) is 0. The summed E-state index contributed by atoms with van der Waals surface area (Å²) in [6, 6.07) is 6.83. The fraction of sp³-hybridized carbons (Fsp3) is 0.538. The summed E-state index contributed by atoms with van der Waals surface area (Å²) >= 11 is 0. The Balaban J connectivity index is 2.56. The van der Waals surface area contributed by atoms with Crippen LogP contribution in [0.3, 0.4) is 0 Å². The van der Waals surface area contributed by atoms with E-state index in [9.17, 15) is 13.2 Å². The van der Waals surface area contributed by atoms with Crippen LogP contribution in [0.5, 0.6) is 5.75 Å². The van der Waals surface area contributed by atoms with Gasteiger partial charge < -0.3 is 4.74 Å². The van der Waals surface area contributed by atoms with Crippen molar-refractivity contribution in [2.45, 2.75) is 38.8 Å². The van der Waals surface area contributed by atoms with Crippen molar-refractivity contribution >= 4 is 0 Å². The van der Waals surface area contributed by atoms with Crippen LogP contribution in [0.15, 0.2) is 24.3 Å². The van der Waals surface area contributed by atoms with Crippen molar-refractivity contribution in [3.63, 3.8) is 0 Å². The van der Waals surface area contributed by atoms with E-state index in [0.717, 1.165) is 18.4 Å². The number of alkyl halides is 3. The lowest BCUT2D eigenvalue weighted by molar-refractivity contribution is -0.153. The maximum absolute atomic E-state index is 11.9. The molecule has 0 aromatic heterocycles. The molecule has 0 aliphatic carbocycles. The van der Waals surface area contributed by atoms with E-state index in [1.54, 1.807) is 12.1 Å². The van der Waals surface area contributed by atoms with Gasteiger partial charge in [0, 0.05) is 0 Å². The third kappa shape index (κ3) is 5.11. The third-order valence-electron chi connectivity index (χ3n) is 2.57. The largest absolute Gasteiger partial charge is 0.484 e. The zero-order chi connectivity index (χ0) is 12.9. The molecule has 17 heavy (non-hydrogen) atoms. The molecule has 1 nitrogen and oxygen atoms in total. The molecule has 96 valence electrons. The van der Waals surface area contributed by atoms with E-state index in [-0.39, 0.29) is 5.75 Å². The molecule has 0 radical (unpaired) electrons. The van der Waals surface area contributed by atoms with E-state index < -0.39 is 12.8 Å². The molecule has 0 fully saturated rings. The predicted molar refractivity (Wildman–Crippen MR) is 61.3 cm³/mol. The summed E-state index contributed by atoms with van der Waals surface area (Å²) < 4.78 is 40.4. The number of hydrogen-bond acceptors (Lipinski definition) is 1. The van der Waals surface area contributed by atoms with E-state index in [0.29, 0.717) is 5.92 Å². The van der Waals surface area contributed by atoms with Crippen molar-refractivity contribution in [2.75, 3.05) is 6.61 Å². The SMILES string of the molecule is CCCC(C)c1ccc(OCC(F)(F)F)cc1. The number of benzene rings is 1. The minimum absolute atomic E-state index is 0.259. The van der Waals surface area contributed by atoms with Gasteiger partial charge in [0.05, 0.1) is 0 Å². The van der Waals surface area contributed by atoms with E-state index in [2.05, 4.69) is 18.6 Å². The summed E-state index contributed by atoms with van der Waals surface area (Å²) in [6.45, 7) is 2.98. The van der Waals surface area contributed by atoms with Gasteiger partial charge in [0.15, 0.2) is 6.61 Å². The highest BCUT2D eigenvalue weighted by Gasteiger charge is 2.28. The van der Waals surface area contributed by atoms with Crippen LogP contribution >= 0.6 is 0 Å². The maximum Gasteiger partial charge on any atom is 0.422 e. The lowest BCUT2D eigenvalue weighted by Crippen LogP contribution is -2.19. The second kappa shape index (κ2) is 5.94. The van der Waals surface area contributed by atoms with Crippen LogP contribution in [0.1, 0.15) is 38.2 Å². The van der Waals surface area contributed by atoms with Crippen molar-refractivity contribution < 1.29 is 17.9 Å². The molecule has 1 rings (SSSR count). The molecule has 1 aromatic carbocycles. The molecule has 0 heterocycles. The topological polar surface area (TPSA) is 9.23 Å². The summed E-state index contributed by atoms with van der Waals surface area (Å²) in [5, 5.41) is 0. The first-order valence-electron chi connectivity index (χ1n) is 5.72. The summed E-state index contributed by atoms with van der Waals surface area (Å²) in [5.41, 5.74) is 1.13. The highest BCUT2D eigenvalue weighted by Crippen LogP contribution is 2.24. The molecule has 4 heteroatoms. The normalized spacial score (nSPS) is 13.5. The van der Waals surface area contributed by atoms with E-state index in [1.807, 2.05) is 12.1 Å². The number of halogens is 3. The highest BCUT2D eigenvalue weighted by molar-refractivity contribution is 5.29. The third-order valence-corrected chi connectivity index (χ3v) is 2.57. The van der Waals surface area contributed by atoms with Crippen LogP contribution in [-0.4, -0.2) is 12.8 Å². The molecule has 0 aliphatic heterocycles. The molecule has 0 aliphatic rings. The first-order chi connectivity index (χ1) is 7.92.